The molecule has 2 rings (SSSR count). The second-order valence-electron chi connectivity index (χ2n) is 6.37. The Bertz CT molecular complexity index is 253. The van der Waals surface area contributed by atoms with E-state index in [1.54, 1.807) is 0 Å². The number of piperidine rings is 1. The van der Waals surface area contributed by atoms with Gasteiger partial charge >= 0.3 is 0 Å². The van der Waals surface area contributed by atoms with Crippen LogP contribution in [0.4, 0.5) is 0 Å². The van der Waals surface area contributed by atoms with Crippen LogP contribution >= 0.6 is 0 Å². The maximum absolute atomic E-state index is 6.10. The number of nitrogens with two attached hydrogens (primary N) is 1. The second-order valence-corrected chi connectivity index (χ2v) is 6.37. The van der Waals surface area contributed by atoms with Gasteiger partial charge in [-0.15, -0.1) is 0 Å². The molecule has 2 atom stereocenters. The molecule has 3 heteroatoms. The van der Waals surface area contributed by atoms with Gasteiger partial charge in [0.05, 0.1) is 6.10 Å². The van der Waals surface area contributed by atoms with E-state index in [0.29, 0.717) is 6.10 Å². The molecule has 0 spiro atoms. The number of hydrogen-bond acceptors (Lipinski definition) is 3. The Morgan fingerprint density at radius 1 is 1.28 bits per heavy atom. The Morgan fingerprint density at radius 2 is 2.06 bits per heavy atom. The van der Waals surface area contributed by atoms with E-state index in [2.05, 4.69) is 18.7 Å². The van der Waals surface area contributed by atoms with Crippen LogP contribution < -0.4 is 5.73 Å². The highest BCUT2D eigenvalue weighted by atomic mass is 16.5. The quantitative estimate of drug-likeness (QED) is 0.791. The summed E-state index contributed by atoms with van der Waals surface area (Å²) in [7, 11) is 0. The van der Waals surface area contributed by atoms with Gasteiger partial charge < -0.3 is 10.5 Å². The fourth-order valence-corrected chi connectivity index (χ4v) is 3.46. The molecule has 18 heavy (non-hydrogen) atoms. The average Bonchev–Trinajstić information content (AvgIpc) is 2.34. The lowest BCUT2D eigenvalue weighted by molar-refractivity contribution is -0.0371. The molecule has 0 radical (unpaired) electrons. The van der Waals surface area contributed by atoms with Crippen LogP contribution in [-0.4, -0.2) is 42.8 Å². The first-order valence-electron chi connectivity index (χ1n) is 7.74. The molecule has 0 aromatic heterocycles. The van der Waals surface area contributed by atoms with Gasteiger partial charge in [0.15, 0.2) is 0 Å². The van der Waals surface area contributed by atoms with Gasteiger partial charge in [-0.25, -0.2) is 0 Å². The molecular weight excluding hydrogens is 224 g/mol. The van der Waals surface area contributed by atoms with Crippen molar-refractivity contribution < 1.29 is 4.74 Å². The van der Waals surface area contributed by atoms with Crippen molar-refractivity contribution in [2.75, 3.05) is 26.2 Å². The van der Waals surface area contributed by atoms with Crippen LogP contribution in [-0.2, 0) is 4.74 Å². The molecule has 2 unspecified atom stereocenters. The molecule has 0 amide bonds. The summed E-state index contributed by atoms with van der Waals surface area (Å²) in [5.41, 5.74) is 6.30. The molecule has 0 bridgehead atoms. The van der Waals surface area contributed by atoms with Crippen molar-refractivity contribution in [3.05, 3.63) is 0 Å². The SMILES string of the molecule is CCOC1CCCN(C(C)(CN)CC2CCC2)C1. The Balaban J connectivity index is 1.92. The molecule has 0 aromatic carbocycles. The van der Waals surface area contributed by atoms with Crippen molar-refractivity contribution in [1.82, 2.24) is 4.90 Å². The Hall–Kier alpha value is -0.120. The zero-order valence-electron chi connectivity index (χ0n) is 12.2. The third kappa shape index (κ3) is 3.25. The molecule has 3 nitrogen and oxygen atoms in total. The maximum Gasteiger partial charge on any atom is 0.0702 e. The highest BCUT2D eigenvalue weighted by Gasteiger charge is 2.37. The molecular formula is C15H30N2O. The number of ether oxygens (including phenoxy) is 1. The Labute approximate surface area is 112 Å². The summed E-state index contributed by atoms with van der Waals surface area (Å²) in [6, 6.07) is 0. The summed E-state index contributed by atoms with van der Waals surface area (Å²) in [4.78, 5) is 2.61. The van der Waals surface area contributed by atoms with E-state index in [0.717, 1.165) is 25.6 Å². The van der Waals surface area contributed by atoms with Crippen LogP contribution in [0.2, 0.25) is 0 Å². The molecule has 1 aliphatic heterocycles. The lowest BCUT2D eigenvalue weighted by atomic mass is 9.75. The summed E-state index contributed by atoms with van der Waals surface area (Å²) < 4.78 is 5.82. The van der Waals surface area contributed by atoms with Gasteiger partial charge in [-0.2, -0.15) is 0 Å². The normalized spacial score (nSPS) is 29.8. The molecule has 1 saturated heterocycles. The predicted molar refractivity (Wildman–Crippen MR) is 75.6 cm³/mol. The van der Waals surface area contributed by atoms with Gasteiger partial charge in [-0.3, -0.25) is 4.90 Å². The second kappa shape index (κ2) is 6.36. The first-order valence-corrected chi connectivity index (χ1v) is 7.74. The van der Waals surface area contributed by atoms with E-state index in [1.807, 2.05) is 0 Å². The number of likely N-dealkylation sites (tertiary alicyclic amines) is 1. The summed E-state index contributed by atoms with van der Waals surface area (Å²) >= 11 is 0. The average molecular weight is 254 g/mol. The van der Waals surface area contributed by atoms with E-state index in [-0.39, 0.29) is 5.54 Å². The fraction of sp³-hybridized carbons (Fsp3) is 1.00. The van der Waals surface area contributed by atoms with Gasteiger partial charge in [0.2, 0.25) is 0 Å². The first kappa shape index (κ1) is 14.3. The molecule has 2 aliphatic rings. The third-order valence-corrected chi connectivity index (χ3v) is 4.94. The zero-order valence-corrected chi connectivity index (χ0v) is 12.2. The van der Waals surface area contributed by atoms with E-state index in [1.165, 1.54) is 45.1 Å². The minimum atomic E-state index is 0.195. The van der Waals surface area contributed by atoms with Gasteiger partial charge in [0.25, 0.3) is 0 Å². The minimum Gasteiger partial charge on any atom is -0.377 e. The van der Waals surface area contributed by atoms with Gasteiger partial charge in [0.1, 0.15) is 0 Å². The lowest BCUT2D eigenvalue weighted by Gasteiger charge is -2.47. The molecule has 2 N–H and O–H groups in total. The monoisotopic (exact) mass is 254 g/mol. The van der Waals surface area contributed by atoms with Crippen LogP contribution in [0.1, 0.15) is 52.4 Å². The van der Waals surface area contributed by atoms with Crippen LogP contribution in [0, 0.1) is 5.92 Å². The highest BCUT2D eigenvalue weighted by Crippen LogP contribution is 2.36. The van der Waals surface area contributed by atoms with Crippen molar-refractivity contribution in [3.8, 4) is 0 Å². The number of hydrogen-bond donors (Lipinski definition) is 1. The van der Waals surface area contributed by atoms with E-state index < -0.39 is 0 Å². The van der Waals surface area contributed by atoms with Crippen LogP contribution in [0.3, 0.4) is 0 Å². The van der Waals surface area contributed by atoms with Crippen LogP contribution in [0.15, 0.2) is 0 Å². The van der Waals surface area contributed by atoms with Gasteiger partial charge in [0, 0.05) is 25.2 Å². The smallest absolute Gasteiger partial charge is 0.0702 e. The molecule has 0 aromatic rings. The third-order valence-electron chi connectivity index (χ3n) is 4.94. The van der Waals surface area contributed by atoms with Crippen molar-refractivity contribution in [2.24, 2.45) is 11.7 Å². The van der Waals surface area contributed by atoms with Crippen LogP contribution in [0.25, 0.3) is 0 Å². The Kier molecular flexibility index (Phi) is 5.05. The highest BCUT2D eigenvalue weighted by molar-refractivity contribution is 4.93. The molecule has 1 heterocycles. The minimum absolute atomic E-state index is 0.195. The molecule has 1 saturated carbocycles. The topological polar surface area (TPSA) is 38.5 Å². The van der Waals surface area contributed by atoms with Gasteiger partial charge in [-0.05, 0) is 45.6 Å². The van der Waals surface area contributed by atoms with Crippen LogP contribution in [0.5, 0.6) is 0 Å². The first-order chi connectivity index (χ1) is 8.68. The predicted octanol–water partition coefficient (Wildman–Crippen LogP) is 2.39. The van der Waals surface area contributed by atoms with E-state index in [4.69, 9.17) is 10.5 Å². The summed E-state index contributed by atoms with van der Waals surface area (Å²) in [6.07, 6.45) is 8.43. The standard InChI is InChI=1S/C15H30N2O/c1-3-18-14-8-5-9-17(11-14)15(2,12-16)10-13-6-4-7-13/h13-14H,3-12,16H2,1-2H3. The molecule has 1 aliphatic carbocycles. The summed E-state index contributed by atoms with van der Waals surface area (Å²) in [5, 5.41) is 0. The maximum atomic E-state index is 6.10. The van der Waals surface area contributed by atoms with Crippen molar-refractivity contribution in [1.29, 1.82) is 0 Å². The summed E-state index contributed by atoms with van der Waals surface area (Å²) in [5.74, 6) is 0.922. The number of nitrogens with zero attached hydrogens (tertiary/aromatic N) is 1. The van der Waals surface area contributed by atoms with E-state index in [9.17, 15) is 0 Å². The zero-order chi connectivity index (χ0) is 13.0. The largest absolute Gasteiger partial charge is 0.377 e. The number of rotatable bonds is 6. The molecule has 2 fully saturated rings. The van der Waals surface area contributed by atoms with Crippen molar-refractivity contribution >= 4 is 0 Å². The Morgan fingerprint density at radius 3 is 2.61 bits per heavy atom. The summed E-state index contributed by atoms with van der Waals surface area (Å²) in [6.45, 7) is 8.34. The van der Waals surface area contributed by atoms with Crippen molar-refractivity contribution in [2.45, 2.75) is 64.0 Å². The fourth-order valence-electron chi connectivity index (χ4n) is 3.46. The lowest BCUT2D eigenvalue weighted by Crippen LogP contribution is -2.57. The van der Waals surface area contributed by atoms with Crippen molar-refractivity contribution in [3.63, 3.8) is 0 Å². The van der Waals surface area contributed by atoms with Gasteiger partial charge in [-0.1, -0.05) is 19.3 Å². The van der Waals surface area contributed by atoms with E-state index >= 15 is 0 Å². The molecule has 106 valence electrons.